The highest BCUT2D eigenvalue weighted by molar-refractivity contribution is 5.95. The summed E-state index contributed by atoms with van der Waals surface area (Å²) in [6.45, 7) is 2.11. The molecule has 0 aliphatic heterocycles. The van der Waals surface area contributed by atoms with Crippen molar-refractivity contribution in [3.8, 4) is 0 Å². The maximum Gasteiger partial charge on any atom is 0.416 e. The number of nitrogens with one attached hydrogen (secondary N) is 2. The molecule has 0 aliphatic rings. The van der Waals surface area contributed by atoms with Crippen LogP contribution in [0.4, 0.5) is 13.2 Å². The van der Waals surface area contributed by atoms with Gasteiger partial charge < -0.3 is 15.4 Å². The van der Waals surface area contributed by atoms with Crippen LogP contribution in [0.25, 0.3) is 0 Å². The highest BCUT2D eigenvalue weighted by Gasteiger charge is 2.38. The fourth-order valence-electron chi connectivity index (χ4n) is 1.53. The molecule has 1 rings (SSSR count). The van der Waals surface area contributed by atoms with Crippen molar-refractivity contribution in [3.05, 3.63) is 33.2 Å². The number of alkyl halides is 3. The molecule has 0 saturated heterocycles. The third-order valence-electron chi connectivity index (χ3n) is 2.43. The Balaban J connectivity index is 2.83. The summed E-state index contributed by atoms with van der Waals surface area (Å²) < 4.78 is 36.1. The molecule has 19 heavy (non-hydrogen) atoms. The molecule has 1 aromatic rings. The summed E-state index contributed by atoms with van der Waals surface area (Å²) in [6.07, 6.45) is -7.48. The van der Waals surface area contributed by atoms with E-state index in [1.54, 1.807) is 6.92 Å². The highest BCUT2D eigenvalue weighted by atomic mass is 19.4. The molecule has 3 N–H and O–H groups in total. The number of aliphatic hydroxyl groups excluding tert-OH is 1. The predicted molar refractivity (Wildman–Crippen MR) is 60.9 cm³/mol. The van der Waals surface area contributed by atoms with Gasteiger partial charge in [0.15, 0.2) is 6.10 Å². The molecule has 1 amide bonds. The monoisotopic (exact) mass is 278 g/mol. The van der Waals surface area contributed by atoms with E-state index in [0.717, 1.165) is 0 Å². The molecule has 106 valence electrons. The van der Waals surface area contributed by atoms with Gasteiger partial charge in [-0.25, -0.2) is 0 Å². The summed E-state index contributed by atoms with van der Waals surface area (Å²) in [5.74, 6) is -0.956. The Bertz CT molecular complexity index is 537. The maximum absolute atomic E-state index is 12.0. The summed E-state index contributed by atoms with van der Waals surface area (Å²) >= 11 is 0. The van der Waals surface area contributed by atoms with Crippen LogP contribution in [0.15, 0.2) is 10.9 Å². The van der Waals surface area contributed by atoms with Crippen molar-refractivity contribution < 1.29 is 23.1 Å². The molecule has 1 heterocycles. The normalized spacial score (nSPS) is 13.2. The van der Waals surface area contributed by atoms with Crippen molar-refractivity contribution in [3.63, 3.8) is 0 Å². The number of amides is 1. The van der Waals surface area contributed by atoms with Crippen molar-refractivity contribution in [2.24, 2.45) is 0 Å². The molecule has 0 saturated carbocycles. The Morgan fingerprint density at radius 3 is 2.53 bits per heavy atom. The molecule has 0 aliphatic carbocycles. The quantitative estimate of drug-likeness (QED) is 0.759. The van der Waals surface area contributed by atoms with Gasteiger partial charge in [0.2, 0.25) is 0 Å². The number of aromatic nitrogens is 1. The summed E-state index contributed by atoms with van der Waals surface area (Å²) in [5, 5.41) is 10.6. The smallest absolute Gasteiger partial charge is 0.382 e. The van der Waals surface area contributed by atoms with Gasteiger partial charge in [0.25, 0.3) is 11.5 Å². The van der Waals surface area contributed by atoms with E-state index in [0.29, 0.717) is 11.3 Å². The molecule has 0 bridgehead atoms. The maximum atomic E-state index is 12.0. The average molecular weight is 278 g/mol. The minimum atomic E-state index is -4.82. The van der Waals surface area contributed by atoms with E-state index >= 15 is 0 Å². The first-order valence-corrected chi connectivity index (χ1v) is 5.36. The van der Waals surface area contributed by atoms with Crippen LogP contribution < -0.4 is 10.9 Å². The number of hydrogen-bond acceptors (Lipinski definition) is 3. The Morgan fingerprint density at radius 1 is 1.47 bits per heavy atom. The number of halogens is 3. The number of H-pyrrole nitrogens is 1. The van der Waals surface area contributed by atoms with Crippen LogP contribution in [-0.2, 0) is 0 Å². The molecule has 1 unspecified atom stereocenters. The summed E-state index contributed by atoms with van der Waals surface area (Å²) in [5.41, 5.74) is -0.0638. The van der Waals surface area contributed by atoms with Crippen LogP contribution in [0.5, 0.6) is 0 Å². The van der Waals surface area contributed by atoms with Gasteiger partial charge in [0, 0.05) is 5.69 Å². The van der Waals surface area contributed by atoms with Gasteiger partial charge in [-0.05, 0) is 25.5 Å². The first-order chi connectivity index (χ1) is 8.62. The van der Waals surface area contributed by atoms with Crippen LogP contribution in [0.1, 0.15) is 21.6 Å². The van der Waals surface area contributed by atoms with Crippen molar-refractivity contribution in [2.75, 3.05) is 6.54 Å². The second-order valence-corrected chi connectivity index (χ2v) is 4.11. The minimum absolute atomic E-state index is 0.264. The Morgan fingerprint density at radius 2 is 2.05 bits per heavy atom. The molecule has 0 aromatic carbocycles. The molecule has 1 atom stereocenters. The van der Waals surface area contributed by atoms with Gasteiger partial charge in [0.1, 0.15) is 5.56 Å². The minimum Gasteiger partial charge on any atom is -0.382 e. The van der Waals surface area contributed by atoms with E-state index in [-0.39, 0.29) is 5.56 Å². The number of aryl methyl sites for hydroxylation is 2. The van der Waals surface area contributed by atoms with Crippen molar-refractivity contribution in [1.82, 2.24) is 10.3 Å². The third kappa shape index (κ3) is 3.82. The second-order valence-electron chi connectivity index (χ2n) is 4.11. The fraction of sp³-hybridized carbons (Fsp3) is 0.455. The molecular weight excluding hydrogens is 265 g/mol. The molecule has 0 spiro atoms. The van der Waals surface area contributed by atoms with Crippen LogP contribution in [0.3, 0.4) is 0 Å². The topological polar surface area (TPSA) is 82.2 Å². The van der Waals surface area contributed by atoms with Crippen LogP contribution in [0.2, 0.25) is 0 Å². The van der Waals surface area contributed by atoms with Gasteiger partial charge in [-0.2, -0.15) is 13.2 Å². The summed E-state index contributed by atoms with van der Waals surface area (Å²) in [6, 6.07) is 1.52. The zero-order chi connectivity index (χ0) is 14.8. The molecule has 1 aromatic heterocycles. The van der Waals surface area contributed by atoms with Crippen LogP contribution >= 0.6 is 0 Å². The third-order valence-corrected chi connectivity index (χ3v) is 2.43. The van der Waals surface area contributed by atoms with Crippen LogP contribution in [0, 0.1) is 13.8 Å². The first kappa shape index (κ1) is 15.2. The van der Waals surface area contributed by atoms with E-state index in [1.165, 1.54) is 13.0 Å². The average Bonchev–Trinajstić information content (AvgIpc) is 2.22. The molecular formula is C11H13F3N2O3. The Hall–Kier alpha value is -1.83. The lowest BCUT2D eigenvalue weighted by atomic mass is 10.1. The lowest BCUT2D eigenvalue weighted by molar-refractivity contribution is -0.201. The number of carbonyl (C=O) groups is 1. The van der Waals surface area contributed by atoms with Crippen molar-refractivity contribution in [1.29, 1.82) is 0 Å². The molecule has 0 fully saturated rings. The lowest BCUT2D eigenvalue weighted by Gasteiger charge is -2.15. The van der Waals surface area contributed by atoms with E-state index in [9.17, 15) is 22.8 Å². The standard InChI is InChI=1S/C11H13F3N2O3/c1-5-3-6(2)16-10(19)8(5)9(18)15-4-7(17)11(12,13)14/h3,7,17H,4H2,1-2H3,(H,15,18)(H,16,19). The Kier molecular flexibility index (Phi) is 4.35. The van der Waals surface area contributed by atoms with Gasteiger partial charge in [-0.3, -0.25) is 9.59 Å². The fourth-order valence-corrected chi connectivity index (χ4v) is 1.53. The summed E-state index contributed by atoms with van der Waals surface area (Å²) in [4.78, 5) is 25.5. The number of aromatic amines is 1. The number of carbonyl (C=O) groups excluding carboxylic acids is 1. The van der Waals surface area contributed by atoms with E-state index in [4.69, 9.17) is 5.11 Å². The zero-order valence-corrected chi connectivity index (χ0v) is 10.3. The SMILES string of the molecule is Cc1cc(C)c(C(=O)NCC(O)C(F)(F)F)c(=O)[nH]1. The lowest BCUT2D eigenvalue weighted by Crippen LogP contribution is -2.42. The molecule has 0 radical (unpaired) electrons. The zero-order valence-electron chi connectivity index (χ0n) is 10.3. The molecule has 8 heteroatoms. The molecule has 5 nitrogen and oxygen atoms in total. The second kappa shape index (κ2) is 5.43. The van der Waals surface area contributed by atoms with E-state index in [1.807, 2.05) is 5.32 Å². The largest absolute Gasteiger partial charge is 0.416 e. The van der Waals surface area contributed by atoms with Crippen LogP contribution in [-0.4, -0.2) is 34.8 Å². The van der Waals surface area contributed by atoms with Crippen molar-refractivity contribution in [2.45, 2.75) is 26.1 Å². The van der Waals surface area contributed by atoms with Crippen molar-refractivity contribution >= 4 is 5.91 Å². The van der Waals surface area contributed by atoms with E-state index < -0.39 is 30.3 Å². The number of hydrogen-bond donors (Lipinski definition) is 3. The number of pyridine rings is 1. The van der Waals surface area contributed by atoms with Gasteiger partial charge in [-0.15, -0.1) is 0 Å². The summed E-state index contributed by atoms with van der Waals surface area (Å²) in [7, 11) is 0. The van der Waals surface area contributed by atoms with Gasteiger partial charge in [-0.1, -0.05) is 0 Å². The van der Waals surface area contributed by atoms with Gasteiger partial charge in [0.05, 0.1) is 6.54 Å². The first-order valence-electron chi connectivity index (χ1n) is 5.36. The van der Waals surface area contributed by atoms with E-state index in [2.05, 4.69) is 4.98 Å². The number of rotatable bonds is 3. The van der Waals surface area contributed by atoms with Gasteiger partial charge >= 0.3 is 6.18 Å². The Labute approximate surface area is 106 Å². The number of aliphatic hydroxyl groups is 1. The highest BCUT2D eigenvalue weighted by Crippen LogP contribution is 2.19. The predicted octanol–water partition coefficient (Wildman–Crippen LogP) is 0.645.